The van der Waals surface area contributed by atoms with E-state index in [0.29, 0.717) is 0 Å². The van der Waals surface area contributed by atoms with Gasteiger partial charge in [-0.3, -0.25) is 0 Å². The summed E-state index contributed by atoms with van der Waals surface area (Å²) in [7, 11) is 0. The van der Waals surface area contributed by atoms with Gasteiger partial charge in [-0.2, -0.15) is 0 Å². The molecule has 0 aromatic rings. The Bertz CT molecular complexity index is 118. The van der Waals surface area contributed by atoms with Crippen molar-refractivity contribution in [3.8, 4) is 0 Å². The van der Waals surface area contributed by atoms with Crippen LogP contribution in [0.3, 0.4) is 0 Å². The van der Waals surface area contributed by atoms with E-state index in [-0.39, 0.29) is 21.1 Å². The van der Waals surface area contributed by atoms with Crippen LogP contribution in [0.15, 0.2) is 0 Å². The van der Waals surface area contributed by atoms with Gasteiger partial charge in [0.05, 0.1) is 0 Å². The molecule has 0 radical (unpaired) electrons. The normalized spacial score (nSPS) is 17.7. The van der Waals surface area contributed by atoms with Gasteiger partial charge in [0.25, 0.3) is 0 Å². The van der Waals surface area contributed by atoms with Crippen molar-refractivity contribution in [3.05, 3.63) is 0 Å². The summed E-state index contributed by atoms with van der Waals surface area (Å²) in [5.41, 5.74) is 0. The van der Waals surface area contributed by atoms with Gasteiger partial charge in [0, 0.05) is 40.7 Å². The van der Waals surface area contributed by atoms with Gasteiger partial charge < -0.3 is 10.2 Å². The molecule has 0 atom stereocenters. The second-order valence-electron chi connectivity index (χ2n) is 2.17. The molecule has 1 aliphatic rings. The number of hydrogen-bond acceptors (Lipinski definition) is 1. The Morgan fingerprint density at radius 3 is 2.80 bits per heavy atom. The van der Waals surface area contributed by atoms with Crippen molar-refractivity contribution in [2.24, 2.45) is 0 Å². The predicted octanol–water partition coefficient (Wildman–Crippen LogP) is 0.584. The van der Waals surface area contributed by atoms with Crippen molar-refractivity contribution in [3.63, 3.8) is 0 Å². The minimum Gasteiger partial charge on any atom is -0.362 e. The van der Waals surface area contributed by atoms with Crippen LogP contribution in [-0.4, -0.2) is 29.6 Å². The van der Waals surface area contributed by atoms with Crippen LogP contribution in [0, 0.1) is 0 Å². The third kappa shape index (κ3) is 2.55. The van der Waals surface area contributed by atoms with Crippen LogP contribution in [0.5, 0.6) is 0 Å². The van der Waals surface area contributed by atoms with Crippen LogP contribution in [0.25, 0.3) is 0 Å². The quantitative estimate of drug-likeness (QED) is 0.704. The number of nitrogens with one attached hydrogen (secondary N) is 1. The van der Waals surface area contributed by atoms with Crippen molar-refractivity contribution in [1.82, 2.24) is 10.2 Å². The molecule has 0 bridgehead atoms. The van der Waals surface area contributed by atoms with Crippen molar-refractivity contribution in [1.29, 1.82) is 0 Å². The van der Waals surface area contributed by atoms with Crippen LogP contribution in [0.1, 0.15) is 13.3 Å². The van der Waals surface area contributed by atoms with Gasteiger partial charge in [-0.25, -0.2) is 0 Å². The number of rotatable bonds is 1. The minimum atomic E-state index is 0. The van der Waals surface area contributed by atoms with Crippen molar-refractivity contribution >= 4 is 17.3 Å². The van der Waals surface area contributed by atoms with Crippen LogP contribution in [-0.2, 0) is 21.1 Å². The molecule has 4 heteroatoms. The van der Waals surface area contributed by atoms with Gasteiger partial charge in [0.1, 0.15) is 0 Å². The summed E-state index contributed by atoms with van der Waals surface area (Å²) >= 11 is 5.04. The van der Waals surface area contributed by atoms with Gasteiger partial charge in [0.15, 0.2) is 5.11 Å². The van der Waals surface area contributed by atoms with Gasteiger partial charge in [0.2, 0.25) is 0 Å². The molecular formula is C6H12N2PtS. The third-order valence-electron chi connectivity index (χ3n) is 1.55. The Morgan fingerprint density at radius 1 is 1.70 bits per heavy atom. The van der Waals surface area contributed by atoms with Crippen LogP contribution in [0.4, 0.5) is 0 Å². The van der Waals surface area contributed by atoms with E-state index in [1.54, 1.807) is 0 Å². The second kappa shape index (κ2) is 5.08. The van der Waals surface area contributed by atoms with Crippen molar-refractivity contribution in [2.45, 2.75) is 13.3 Å². The molecule has 2 nitrogen and oxygen atoms in total. The molecule has 0 aromatic carbocycles. The molecule has 1 saturated heterocycles. The molecule has 0 unspecified atom stereocenters. The number of thiocarbonyl (C=S) groups is 1. The maximum absolute atomic E-state index is 5.04. The summed E-state index contributed by atoms with van der Waals surface area (Å²) in [6.45, 7) is 5.34. The summed E-state index contributed by atoms with van der Waals surface area (Å²) in [6, 6.07) is 0. The van der Waals surface area contributed by atoms with Crippen LogP contribution in [0.2, 0.25) is 0 Å². The second-order valence-corrected chi connectivity index (χ2v) is 2.55. The van der Waals surface area contributed by atoms with E-state index in [4.69, 9.17) is 12.2 Å². The Kier molecular flexibility index (Phi) is 5.28. The number of hydrogen-bond donors (Lipinski definition) is 1. The zero-order chi connectivity index (χ0) is 6.69. The topological polar surface area (TPSA) is 15.3 Å². The molecule has 0 aromatic heterocycles. The SMILES string of the molecule is CCN1CCCNC1=S.[Pt]. The average molecular weight is 339 g/mol. The first kappa shape index (κ1) is 10.4. The van der Waals surface area contributed by atoms with E-state index < -0.39 is 0 Å². The summed E-state index contributed by atoms with van der Waals surface area (Å²) in [6.07, 6.45) is 1.22. The molecule has 0 saturated carbocycles. The third-order valence-corrected chi connectivity index (χ3v) is 1.95. The maximum atomic E-state index is 5.04. The maximum Gasteiger partial charge on any atom is 0.168 e. The first-order chi connectivity index (χ1) is 4.34. The molecular weight excluding hydrogens is 327 g/mol. The molecule has 62 valence electrons. The molecule has 1 fully saturated rings. The monoisotopic (exact) mass is 339 g/mol. The molecule has 1 rings (SSSR count). The summed E-state index contributed by atoms with van der Waals surface area (Å²) in [4.78, 5) is 2.18. The fourth-order valence-electron chi connectivity index (χ4n) is 0.980. The van der Waals surface area contributed by atoms with Gasteiger partial charge in [-0.15, -0.1) is 0 Å². The van der Waals surface area contributed by atoms with E-state index in [9.17, 15) is 0 Å². The first-order valence-corrected chi connectivity index (χ1v) is 3.78. The molecule has 1 aliphatic heterocycles. The smallest absolute Gasteiger partial charge is 0.168 e. The van der Waals surface area contributed by atoms with Crippen LogP contribution < -0.4 is 5.32 Å². The minimum absolute atomic E-state index is 0. The molecule has 0 amide bonds. The molecule has 1 N–H and O–H groups in total. The van der Waals surface area contributed by atoms with E-state index in [2.05, 4.69) is 17.1 Å². The Hall–Kier alpha value is 0.378. The summed E-state index contributed by atoms with van der Waals surface area (Å²) < 4.78 is 0. The zero-order valence-electron chi connectivity index (χ0n) is 6.00. The van der Waals surface area contributed by atoms with E-state index >= 15 is 0 Å². The van der Waals surface area contributed by atoms with Gasteiger partial charge in [-0.1, -0.05) is 0 Å². The van der Waals surface area contributed by atoms with Gasteiger partial charge in [-0.05, 0) is 25.6 Å². The van der Waals surface area contributed by atoms with Crippen LogP contribution >= 0.6 is 12.2 Å². The Balaban J connectivity index is 0.000000810. The Labute approximate surface area is 81.6 Å². The Morgan fingerprint density at radius 2 is 2.40 bits per heavy atom. The standard InChI is InChI=1S/C6H12N2S.Pt/c1-2-8-5-3-4-7-6(8)9;/h2-5H2,1H3,(H,7,9);. The largest absolute Gasteiger partial charge is 0.362 e. The first-order valence-electron chi connectivity index (χ1n) is 3.37. The van der Waals surface area contributed by atoms with Crippen molar-refractivity contribution < 1.29 is 21.1 Å². The summed E-state index contributed by atoms with van der Waals surface area (Å²) in [5, 5.41) is 4.06. The van der Waals surface area contributed by atoms with Crippen molar-refractivity contribution in [2.75, 3.05) is 19.6 Å². The summed E-state index contributed by atoms with van der Waals surface area (Å²) in [5.74, 6) is 0. The predicted molar refractivity (Wildman–Crippen MR) is 42.5 cm³/mol. The number of nitrogens with zero attached hydrogens (tertiary/aromatic N) is 1. The molecule has 0 aliphatic carbocycles. The zero-order valence-corrected chi connectivity index (χ0v) is 9.09. The molecule has 10 heavy (non-hydrogen) atoms. The van der Waals surface area contributed by atoms with E-state index in [1.807, 2.05) is 0 Å². The molecule has 1 heterocycles. The van der Waals surface area contributed by atoms with E-state index in [0.717, 1.165) is 24.7 Å². The average Bonchev–Trinajstić information content (AvgIpc) is 1.89. The fraction of sp³-hybridized carbons (Fsp3) is 0.833. The van der Waals surface area contributed by atoms with Gasteiger partial charge >= 0.3 is 0 Å². The molecule has 0 spiro atoms. The van der Waals surface area contributed by atoms with E-state index in [1.165, 1.54) is 6.42 Å². The fourth-order valence-corrected chi connectivity index (χ4v) is 1.30.